The summed E-state index contributed by atoms with van der Waals surface area (Å²) in [5.74, 6) is 1.10. The first kappa shape index (κ1) is 18.6. The number of rotatable bonds is 5. The number of hydrogen-bond acceptors (Lipinski definition) is 3. The van der Waals surface area contributed by atoms with Crippen LogP contribution in [0, 0.1) is 0 Å². The van der Waals surface area contributed by atoms with Gasteiger partial charge in [0.2, 0.25) is 5.91 Å². The van der Waals surface area contributed by atoms with E-state index < -0.39 is 0 Å². The van der Waals surface area contributed by atoms with E-state index in [2.05, 4.69) is 28.1 Å². The van der Waals surface area contributed by atoms with Crippen molar-refractivity contribution in [2.45, 2.75) is 19.4 Å². The predicted molar refractivity (Wildman–Crippen MR) is 111 cm³/mol. The van der Waals surface area contributed by atoms with Crippen molar-refractivity contribution < 1.29 is 9.53 Å². The number of amides is 1. The number of nitrogens with zero attached hydrogens (tertiary/aromatic N) is 2. The molecule has 0 atom stereocenters. The van der Waals surface area contributed by atoms with Gasteiger partial charge in [0.1, 0.15) is 5.75 Å². The van der Waals surface area contributed by atoms with Crippen LogP contribution in [0.3, 0.4) is 0 Å². The van der Waals surface area contributed by atoms with Crippen LogP contribution >= 0.6 is 0 Å². The van der Waals surface area contributed by atoms with Gasteiger partial charge < -0.3 is 14.6 Å². The van der Waals surface area contributed by atoms with E-state index in [4.69, 9.17) is 4.74 Å². The summed E-state index contributed by atoms with van der Waals surface area (Å²) in [6.45, 7) is 4.46. The number of H-pyrrole nitrogens is 1. The molecule has 0 saturated carbocycles. The van der Waals surface area contributed by atoms with E-state index in [0.29, 0.717) is 6.42 Å². The molecule has 0 spiro atoms. The molecule has 1 amide bonds. The molecule has 2 heterocycles. The highest BCUT2D eigenvalue weighted by molar-refractivity contribution is 5.88. The number of carbonyl (C=O) groups excluding carboxylic acids is 1. The first-order chi connectivity index (χ1) is 13.7. The van der Waals surface area contributed by atoms with Crippen molar-refractivity contribution in [3.8, 4) is 5.75 Å². The van der Waals surface area contributed by atoms with Crippen LogP contribution in [0.25, 0.3) is 10.9 Å². The summed E-state index contributed by atoms with van der Waals surface area (Å²) in [4.78, 5) is 20.6. The number of carbonyl (C=O) groups is 1. The molecule has 5 heteroatoms. The van der Waals surface area contributed by atoms with E-state index in [9.17, 15) is 4.79 Å². The fraction of sp³-hybridized carbons (Fsp3) is 0.348. The van der Waals surface area contributed by atoms with Crippen molar-refractivity contribution >= 4 is 16.8 Å². The van der Waals surface area contributed by atoms with Crippen LogP contribution in [0.5, 0.6) is 5.75 Å². The lowest BCUT2D eigenvalue weighted by molar-refractivity contribution is -0.130. The fourth-order valence-corrected chi connectivity index (χ4v) is 3.92. The highest BCUT2D eigenvalue weighted by Crippen LogP contribution is 2.19. The number of ether oxygens (including phenoxy) is 1. The van der Waals surface area contributed by atoms with Gasteiger partial charge in [0.15, 0.2) is 0 Å². The SMILES string of the molecule is COc1ccc(CN2CCCN(C(=O)Cc3c[nH]c4ccccc34)CC2)cc1. The maximum absolute atomic E-state index is 12.9. The third-order valence-corrected chi connectivity index (χ3v) is 5.52. The lowest BCUT2D eigenvalue weighted by Gasteiger charge is -2.22. The Hall–Kier alpha value is -2.79. The maximum Gasteiger partial charge on any atom is 0.227 e. The summed E-state index contributed by atoms with van der Waals surface area (Å²) in [6, 6.07) is 16.4. The molecule has 0 aliphatic carbocycles. The Labute approximate surface area is 165 Å². The average molecular weight is 377 g/mol. The molecule has 4 rings (SSSR count). The zero-order valence-electron chi connectivity index (χ0n) is 16.4. The van der Waals surface area contributed by atoms with Crippen LogP contribution in [0.1, 0.15) is 17.5 Å². The number of methoxy groups -OCH3 is 1. The van der Waals surface area contributed by atoms with Crippen molar-refractivity contribution in [1.82, 2.24) is 14.8 Å². The second-order valence-electron chi connectivity index (χ2n) is 7.39. The van der Waals surface area contributed by atoms with Crippen LogP contribution in [0.15, 0.2) is 54.7 Å². The summed E-state index contributed by atoms with van der Waals surface area (Å²) in [5.41, 5.74) is 3.45. The zero-order chi connectivity index (χ0) is 19.3. The predicted octanol–water partition coefficient (Wildman–Crippen LogP) is 3.45. The molecule has 3 aromatic rings. The van der Waals surface area contributed by atoms with E-state index in [-0.39, 0.29) is 5.91 Å². The quantitative estimate of drug-likeness (QED) is 0.741. The minimum atomic E-state index is 0.219. The third kappa shape index (κ3) is 4.20. The van der Waals surface area contributed by atoms with Gasteiger partial charge in [-0.3, -0.25) is 9.69 Å². The Balaban J connectivity index is 1.34. The molecule has 0 radical (unpaired) electrons. The Kier molecular flexibility index (Phi) is 5.63. The molecule has 1 saturated heterocycles. The number of nitrogens with one attached hydrogen (secondary N) is 1. The minimum Gasteiger partial charge on any atom is -0.497 e. The van der Waals surface area contributed by atoms with Gasteiger partial charge in [0.25, 0.3) is 0 Å². The van der Waals surface area contributed by atoms with Gasteiger partial charge in [-0.25, -0.2) is 0 Å². The van der Waals surface area contributed by atoms with Crippen LogP contribution in [-0.4, -0.2) is 54.0 Å². The first-order valence-electron chi connectivity index (χ1n) is 9.91. The molecule has 1 fully saturated rings. The second kappa shape index (κ2) is 8.48. The number of aromatic nitrogens is 1. The molecular weight excluding hydrogens is 350 g/mol. The van der Waals surface area contributed by atoms with Gasteiger partial charge in [-0.1, -0.05) is 30.3 Å². The van der Waals surface area contributed by atoms with Crippen molar-refractivity contribution in [3.05, 3.63) is 65.9 Å². The highest BCUT2D eigenvalue weighted by Gasteiger charge is 2.20. The molecule has 146 valence electrons. The molecule has 0 bridgehead atoms. The molecule has 1 aliphatic heterocycles. The summed E-state index contributed by atoms with van der Waals surface area (Å²) in [6.07, 6.45) is 3.44. The smallest absolute Gasteiger partial charge is 0.227 e. The van der Waals surface area contributed by atoms with Crippen molar-refractivity contribution in [3.63, 3.8) is 0 Å². The van der Waals surface area contributed by atoms with Gasteiger partial charge >= 0.3 is 0 Å². The van der Waals surface area contributed by atoms with Gasteiger partial charge in [-0.15, -0.1) is 0 Å². The van der Waals surface area contributed by atoms with E-state index >= 15 is 0 Å². The monoisotopic (exact) mass is 377 g/mol. The number of fused-ring (bicyclic) bond motifs is 1. The third-order valence-electron chi connectivity index (χ3n) is 5.52. The second-order valence-corrected chi connectivity index (χ2v) is 7.39. The maximum atomic E-state index is 12.9. The van der Waals surface area contributed by atoms with Gasteiger partial charge in [0.05, 0.1) is 13.5 Å². The summed E-state index contributed by atoms with van der Waals surface area (Å²) in [5, 5.41) is 1.15. The topological polar surface area (TPSA) is 48.6 Å². The summed E-state index contributed by atoms with van der Waals surface area (Å²) in [7, 11) is 1.69. The zero-order valence-corrected chi connectivity index (χ0v) is 16.4. The Morgan fingerprint density at radius 1 is 1.04 bits per heavy atom. The lowest BCUT2D eigenvalue weighted by Crippen LogP contribution is -2.36. The number of aromatic amines is 1. The van der Waals surface area contributed by atoms with E-state index in [1.54, 1.807) is 7.11 Å². The molecule has 1 N–H and O–H groups in total. The number of hydrogen-bond donors (Lipinski definition) is 1. The molecule has 1 aromatic heterocycles. The molecule has 1 aliphatic rings. The van der Waals surface area contributed by atoms with E-state index in [0.717, 1.165) is 61.4 Å². The fourth-order valence-electron chi connectivity index (χ4n) is 3.92. The van der Waals surface area contributed by atoms with Gasteiger partial charge in [0, 0.05) is 49.8 Å². The van der Waals surface area contributed by atoms with Crippen LogP contribution in [0.4, 0.5) is 0 Å². The van der Waals surface area contributed by atoms with Crippen LogP contribution < -0.4 is 4.74 Å². The Morgan fingerprint density at radius 3 is 2.68 bits per heavy atom. The molecule has 28 heavy (non-hydrogen) atoms. The van der Waals surface area contributed by atoms with E-state index in [1.165, 1.54) is 5.56 Å². The highest BCUT2D eigenvalue weighted by atomic mass is 16.5. The van der Waals surface area contributed by atoms with Crippen LogP contribution in [0.2, 0.25) is 0 Å². The Bertz CT molecular complexity index is 932. The van der Waals surface area contributed by atoms with Crippen molar-refractivity contribution in [2.24, 2.45) is 0 Å². The summed E-state index contributed by atoms with van der Waals surface area (Å²) < 4.78 is 5.23. The number of benzene rings is 2. The first-order valence-corrected chi connectivity index (χ1v) is 9.91. The average Bonchev–Trinajstić information content (AvgIpc) is 2.98. The van der Waals surface area contributed by atoms with Crippen molar-refractivity contribution in [1.29, 1.82) is 0 Å². The lowest BCUT2D eigenvalue weighted by atomic mass is 10.1. The summed E-state index contributed by atoms with van der Waals surface area (Å²) >= 11 is 0. The molecule has 5 nitrogen and oxygen atoms in total. The largest absolute Gasteiger partial charge is 0.497 e. The van der Waals surface area contributed by atoms with Crippen LogP contribution in [-0.2, 0) is 17.8 Å². The Morgan fingerprint density at radius 2 is 1.86 bits per heavy atom. The standard InChI is InChI=1S/C23H27N3O2/c1-28-20-9-7-18(8-10-20)17-25-11-4-12-26(14-13-25)23(27)15-19-16-24-22-6-3-2-5-21(19)22/h2-3,5-10,16,24H,4,11-15,17H2,1H3. The number of para-hydroxylation sites is 1. The van der Waals surface area contributed by atoms with Gasteiger partial charge in [-0.2, -0.15) is 0 Å². The normalized spacial score (nSPS) is 15.5. The minimum absolute atomic E-state index is 0.219. The molecular formula is C23H27N3O2. The van der Waals surface area contributed by atoms with Gasteiger partial charge in [-0.05, 0) is 35.7 Å². The molecule has 0 unspecified atom stereocenters. The molecule has 2 aromatic carbocycles. The van der Waals surface area contributed by atoms with E-state index in [1.807, 2.05) is 41.4 Å². The van der Waals surface area contributed by atoms with Crippen molar-refractivity contribution in [2.75, 3.05) is 33.3 Å².